The molecule has 0 amide bonds. The van der Waals surface area contributed by atoms with Gasteiger partial charge in [0, 0.05) is 11.4 Å². The number of hydrogen-bond donors (Lipinski definition) is 1. The van der Waals surface area contributed by atoms with Crippen molar-refractivity contribution in [3.05, 3.63) is 44.6 Å². The number of benzene rings is 1. The third kappa shape index (κ3) is 4.06. The molecule has 0 radical (unpaired) electrons. The molecule has 1 aromatic heterocycles. The van der Waals surface area contributed by atoms with Crippen LogP contribution in [0.5, 0.6) is 5.75 Å². The van der Waals surface area contributed by atoms with Crippen LogP contribution >= 0.6 is 27.3 Å². The van der Waals surface area contributed by atoms with E-state index in [4.69, 9.17) is 4.74 Å². The van der Waals surface area contributed by atoms with E-state index in [-0.39, 0.29) is 0 Å². The van der Waals surface area contributed by atoms with Gasteiger partial charge in [0.05, 0.1) is 15.8 Å². The molecule has 21 heavy (non-hydrogen) atoms. The van der Waals surface area contributed by atoms with E-state index in [1.165, 1.54) is 11.3 Å². The second-order valence-corrected chi connectivity index (χ2v) is 8.80. The van der Waals surface area contributed by atoms with Crippen molar-refractivity contribution in [1.29, 1.82) is 0 Å². The van der Waals surface area contributed by atoms with Crippen LogP contribution in [0.4, 0.5) is 0 Å². The second-order valence-electron chi connectivity index (χ2n) is 4.43. The molecule has 1 aromatic carbocycles. The third-order valence-corrected chi connectivity index (χ3v) is 6.28. The molecule has 2 aromatic rings. The number of para-hydroxylation sites is 1. The van der Waals surface area contributed by atoms with Crippen LogP contribution in [0.25, 0.3) is 0 Å². The summed E-state index contributed by atoms with van der Waals surface area (Å²) in [6.45, 7) is 2.12. The largest absolute Gasteiger partial charge is 0.496 e. The molecule has 1 heterocycles. The third-order valence-electron chi connectivity index (χ3n) is 3.01. The first kappa shape index (κ1) is 16.5. The summed E-state index contributed by atoms with van der Waals surface area (Å²) >= 11 is 4.72. The van der Waals surface area contributed by atoms with E-state index in [0.29, 0.717) is 17.9 Å². The molecule has 0 saturated heterocycles. The average molecular weight is 390 g/mol. The summed E-state index contributed by atoms with van der Waals surface area (Å²) in [5.41, 5.74) is 0.978. The van der Waals surface area contributed by atoms with Gasteiger partial charge < -0.3 is 4.74 Å². The van der Waals surface area contributed by atoms with E-state index >= 15 is 0 Å². The molecular weight excluding hydrogens is 374 g/mol. The highest BCUT2D eigenvalue weighted by Crippen LogP contribution is 2.29. The first-order valence-corrected chi connectivity index (χ1v) is 9.41. The van der Waals surface area contributed by atoms with E-state index in [1.54, 1.807) is 20.1 Å². The van der Waals surface area contributed by atoms with E-state index in [2.05, 4.69) is 20.7 Å². The number of halogens is 1. The first-order chi connectivity index (χ1) is 9.94. The van der Waals surface area contributed by atoms with Crippen molar-refractivity contribution in [2.45, 2.75) is 18.2 Å². The van der Waals surface area contributed by atoms with Crippen LogP contribution in [0.1, 0.15) is 10.4 Å². The minimum Gasteiger partial charge on any atom is -0.496 e. The molecule has 0 atom stereocenters. The van der Waals surface area contributed by atoms with Crippen molar-refractivity contribution in [3.63, 3.8) is 0 Å². The van der Waals surface area contributed by atoms with Crippen LogP contribution in [-0.2, 0) is 16.4 Å². The van der Waals surface area contributed by atoms with E-state index in [0.717, 1.165) is 20.0 Å². The SMILES string of the molecule is COc1ccccc1CCNS(=O)(=O)c1cc(Br)sc1C. The lowest BCUT2D eigenvalue weighted by molar-refractivity contribution is 0.409. The fraction of sp³-hybridized carbons (Fsp3) is 0.286. The maximum atomic E-state index is 12.3. The lowest BCUT2D eigenvalue weighted by atomic mass is 10.1. The summed E-state index contributed by atoms with van der Waals surface area (Å²) in [5.74, 6) is 0.770. The summed E-state index contributed by atoms with van der Waals surface area (Å²) in [6, 6.07) is 9.22. The Kier molecular flexibility index (Phi) is 5.43. The van der Waals surface area contributed by atoms with Gasteiger partial charge in [-0.3, -0.25) is 0 Å². The van der Waals surface area contributed by atoms with Gasteiger partial charge in [0.25, 0.3) is 0 Å². The highest BCUT2D eigenvalue weighted by molar-refractivity contribution is 9.11. The number of hydrogen-bond acceptors (Lipinski definition) is 4. The smallest absolute Gasteiger partial charge is 0.241 e. The predicted molar refractivity (Wildman–Crippen MR) is 88.6 cm³/mol. The number of nitrogens with one attached hydrogen (secondary N) is 1. The zero-order valence-corrected chi connectivity index (χ0v) is 14.9. The number of thiophene rings is 1. The fourth-order valence-electron chi connectivity index (χ4n) is 2.00. The Balaban J connectivity index is 2.04. The molecule has 0 aliphatic carbocycles. The molecule has 114 valence electrons. The van der Waals surface area contributed by atoms with Crippen LogP contribution in [0.15, 0.2) is 39.0 Å². The topological polar surface area (TPSA) is 55.4 Å². The lowest BCUT2D eigenvalue weighted by Crippen LogP contribution is -2.26. The highest BCUT2D eigenvalue weighted by Gasteiger charge is 2.19. The van der Waals surface area contributed by atoms with Crippen LogP contribution in [0.3, 0.4) is 0 Å². The minimum absolute atomic E-state index is 0.329. The molecule has 0 aliphatic rings. The van der Waals surface area contributed by atoms with Crippen molar-refractivity contribution in [2.75, 3.05) is 13.7 Å². The number of methoxy groups -OCH3 is 1. The standard InChI is InChI=1S/C14H16BrNO3S2/c1-10-13(9-14(15)20-10)21(17,18)16-8-7-11-5-3-4-6-12(11)19-2/h3-6,9,16H,7-8H2,1-2H3. The molecule has 7 heteroatoms. The number of sulfonamides is 1. The normalized spacial score (nSPS) is 11.6. The number of ether oxygens (including phenoxy) is 1. The zero-order valence-electron chi connectivity index (χ0n) is 11.7. The molecule has 0 bridgehead atoms. The molecule has 0 unspecified atom stereocenters. The Morgan fingerprint density at radius 3 is 2.67 bits per heavy atom. The molecule has 0 spiro atoms. The molecule has 1 N–H and O–H groups in total. The minimum atomic E-state index is -3.47. The van der Waals surface area contributed by atoms with E-state index < -0.39 is 10.0 Å². The van der Waals surface area contributed by atoms with E-state index in [9.17, 15) is 8.42 Å². The first-order valence-electron chi connectivity index (χ1n) is 6.31. The van der Waals surface area contributed by atoms with Crippen molar-refractivity contribution in [2.24, 2.45) is 0 Å². The van der Waals surface area contributed by atoms with Gasteiger partial charge in [0.1, 0.15) is 5.75 Å². The van der Waals surface area contributed by atoms with Gasteiger partial charge >= 0.3 is 0 Å². The predicted octanol–water partition coefficient (Wildman–Crippen LogP) is 3.35. The highest BCUT2D eigenvalue weighted by atomic mass is 79.9. The zero-order chi connectivity index (χ0) is 15.5. The van der Waals surface area contributed by atoms with Crippen LogP contribution < -0.4 is 9.46 Å². The maximum Gasteiger partial charge on any atom is 0.241 e. The fourth-order valence-corrected chi connectivity index (χ4v) is 5.45. The quantitative estimate of drug-likeness (QED) is 0.823. The Labute approximate surface area is 137 Å². The van der Waals surface area contributed by atoms with Gasteiger partial charge in [0.2, 0.25) is 10.0 Å². The number of rotatable bonds is 6. The van der Waals surface area contributed by atoms with Crippen molar-refractivity contribution >= 4 is 37.3 Å². The molecular formula is C14H16BrNO3S2. The Morgan fingerprint density at radius 1 is 1.33 bits per heavy atom. The van der Waals surface area contributed by atoms with Gasteiger partial charge in [-0.2, -0.15) is 0 Å². The average Bonchev–Trinajstić information content (AvgIpc) is 2.79. The monoisotopic (exact) mass is 389 g/mol. The molecule has 0 fully saturated rings. The lowest BCUT2D eigenvalue weighted by Gasteiger charge is -2.09. The Morgan fingerprint density at radius 2 is 2.05 bits per heavy atom. The summed E-state index contributed by atoms with van der Waals surface area (Å²) in [6.07, 6.45) is 0.577. The van der Waals surface area contributed by atoms with Gasteiger partial charge in [-0.25, -0.2) is 13.1 Å². The Bertz CT molecular complexity index is 726. The summed E-state index contributed by atoms with van der Waals surface area (Å²) in [5, 5.41) is 0. The molecule has 0 aliphatic heterocycles. The van der Waals surface area contributed by atoms with Crippen molar-refractivity contribution in [3.8, 4) is 5.75 Å². The van der Waals surface area contributed by atoms with Crippen LogP contribution in [0.2, 0.25) is 0 Å². The molecule has 0 saturated carbocycles. The summed E-state index contributed by atoms with van der Waals surface area (Å²) in [4.78, 5) is 1.10. The van der Waals surface area contributed by atoms with Crippen molar-refractivity contribution in [1.82, 2.24) is 4.72 Å². The molecule has 4 nitrogen and oxygen atoms in total. The van der Waals surface area contributed by atoms with E-state index in [1.807, 2.05) is 24.3 Å². The second kappa shape index (κ2) is 6.91. The van der Waals surface area contributed by atoms with Gasteiger partial charge in [0.15, 0.2) is 0 Å². The maximum absolute atomic E-state index is 12.3. The van der Waals surface area contributed by atoms with Crippen LogP contribution in [-0.4, -0.2) is 22.1 Å². The van der Waals surface area contributed by atoms with Gasteiger partial charge in [-0.15, -0.1) is 11.3 Å². The van der Waals surface area contributed by atoms with Crippen molar-refractivity contribution < 1.29 is 13.2 Å². The van der Waals surface area contributed by atoms with Crippen LogP contribution in [0, 0.1) is 6.92 Å². The summed E-state index contributed by atoms with van der Waals surface area (Å²) in [7, 11) is -1.86. The summed E-state index contributed by atoms with van der Waals surface area (Å²) < 4.78 is 33.2. The van der Waals surface area contributed by atoms with Gasteiger partial charge in [-0.05, 0) is 47.0 Å². The van der Waals surface area contributed by atoms with Gasteiger partial charge in [-0.1, -0.05) is 18.2 Å². The Hall–Kier alpha value is -0.890. The number of aryl methyl sites for hydroxylation is 1. The molecule has 2 rings (SSSR count).